The lowest BCUT2D eigenvalue weighted by Gasteiger charge is -2.22. The van der Waals surface area contributed by atoms with Crippen LogP contribution in [0.25, 0.3) is 17.0 Å². The van der Waals surface area contributed by atoms with E-state index in [9.17, 15) is 18.7 Å². The van der Waals surface area contributed by atoms with Gasteiger partial charge in [0.1, 0.15) is 33.1 Å². The lowest BCUT2D eigenvalue weighted by molar-refractivity contribution is 0.201. The molecule has 0 spiro atoms. The number of rotatable bonds is 6. The Balaban J connectivity index is 1.59. The average molecular weight is 572 g/mol. The molecule has 0 atom stereocenters. The smallest absolute Gasteiger partial charge is 0.412 e. The molecule has 1 amide bonds. The second-order valence-corrected chi connectivity index (χ2v) is 8.99. The Bertz CT molecular complexity index is 1730. The van der Waals surface area contributed by atoms with Crippen LogP contribution in [0.5, 0.6) is 0 Å². The van der Waals surface area contributed by atoms with Gasteiger partial charge in [-0.25, -0.2) is 23.5 Å². The Hall–Kier alpha value is -4.62. The zero-order valence-corrected chi connectivity index (χ0v) is 21.2. The highest BCUT2D eigenvalue weighted by atomic mass is 35.5. The van der Waals surface area contributed by atoms with Crippen molar-refractivity contribution >= 4 is 57.7 Å². The maximum atomic E-state index is 14.3. The zero-order valence-electron chi connectivity index (χ0n) is 19.7. The van der Waals surface area contributed by atoms with Crippen LogP contribution in [0.4, 0.5) is 30.9 Å². The molecule has 0 bridgehead atoms. The summed E-state index contributed by atoms with van der Waals surface area (Å²) in [6.45, 7) is -0.290. The first-order valence-corrected chi connectivity index (χ1v) is 11.9. The minimum atomic E-state index is -1.42. The van der Waals surface area contributed by atoms with Crippen LogP contribution in [-0.2, 0) is 13.0 Å². The number of nitrogens with zero attached hydrogens (tertiary/aromatic N) is 7. The van der Waals surface area contributed by atoms with Gasteiger partial charge in [0.25, 0.3) is 5.95 Å². The summed E-state index contributed by atoms with van der Waals surface area (Å²) in [5.41, 5.74) is 13.5. The summed E-state index contributed by atoms with van der Waals surface area (Å²) in [6, 6.07) is 10.2. The Labute approximate surface area is 228 Å². The molecule has 5 aromatic rings. The Kier molecular flexibility index (Phi) is 6.85. The van der Waals surface area contributed by atoms with Crippen molar-refractivity contribution in [2.24, 2.45) is 0 Å². The van der Waals surface area contributed by atoms with Gasteiger partial charge in [-0.15, -0.1) is 0 Å². The quantitative estimate of drug-likeness (QED) is 0.246. The fourth-order valence-electron chi connectivity index (χ4n) is 3.95. The van der Waals surface area contributed by atoms with Crippen LogP contribution >= 0.6 is 23.2 Å². The number of hydrogen-bond donors (Lipinski definition) is 3. The molecule has 11 nitrogen and oxygen atoms in total. The van der Waals surface area contributed by atoms with Gasteiger partial charge >= 0.3 is 6.09 Å². The van der Waals surface area contributed by atoms with Crippen molar-refractivity contribution in [3.63, 3.8) is 0 Å². The van der Waals surface area contributed by atoms with Gasteiger partial charge in [0.15, 0.2) is 11.6 Å². The van der Waals surface area contributed by atoms with Gasteiger partial charge in [-0.05, 0) is 17.7 Å². The number of amides is 1. The highest BCUT2D eigenvalue weighted by Crippen LogP contribution is 2.32. The molecule has 0 saturated heterocycles. The molecule has 5 rings (SSSR count). The first-order valence-electron chi connectivity index (χ1n) is 11.1. The fraction of sp³-hybridized carbons (Fsp3) is 0.0833. The van der Waals surface area contributed by atoms with E-state index in [-0.39, 0.29) is 57.6 Å². The fourth-order valence-corrected chi connectivity index (χ4v) is 4.35. The highest BCUT2D eigenvalue weighted by Gasteiger charge is 2.26. The van der Waals surface area contributed by atoms with Crippen LogP contribution in [0.15, 0.2) is 48.7 Å². The third-order valence-electron chi connectivity index (χ3n) is 5.71. The molecule has 198 valence electrons. The Morgan fingerprint density at radius 3 is 2.41 bits per heavy atom. The summed E-state index contributed by atoms with van der Waals surface area (Å²) in [6.07, 6.45) is -0.368. The van der Waals surface area contributed by atoms with E-state index in [0.29, 0.717) is 16.8 Å². The third-order valence-corrected chi connectivity index (χ3v) is 6.25. The van der Waals surface area contributed by atoms with Crippen LogP contribution in [0.1, 0.15) is 16.8 Å². The van der Waals surface area contributed by atoms with Crippen molar-refractivity contribution in [2.75, 3.05) is 16.4 Å². The van der Waals surface area contributed by atoms with Gasteiger partial charge in [0.2, 0.25) is 0 Å². The Morgan fingerprint density at radius 2 is 1.74 bits per heavy atom. The average Bonchev–Trinajstić information content (AvgIpc) is 3.22. The molecule has 0 unspecified atom stereocenters. The number of anilines is 3. The number of pyridine rings is 2. The van der Waals surface area contributed by atoms with Crippen LogP contribution < -0.4 is 16.4 Å². The van der Waals surface area contributed by atoms with E-state index >= 15 is 0 Å². The van der Waals surface area contributed by atoms with Gasteiger partial charge < -0.3 is 16.6 Å². The molecule has 4 heterocycles. The van der Waals surface area contributed by atoms with Crippen molar-refractivity contribution in [1.29, 1.82) is 0 Å². The largest absolute Gasteiger partial charge is 0.465 e. The molecule has 1 aromatic carbocycles. The normalized spacial score (nSPS) is 11.2. The second-order valence-electron chi connectivity index (χ2n) is 8.24. The molecule has 0 fully saturated rings. The van der Waals surface area contributed by atoms with Gasteiger partial charge in [-0.2, -0.15) is 19.7 Å². The number of carboxylic acid groups (broad SMARTS) is 1. The molecule has 4 aromatic heterocycles. The van der Waals surface area contributed by atoms with E-state index in [2.05, 4.69) is 25.0 Å². The van der Waals surface area contributed by atoms with E-state index in [1.807, 2.05) is 0 Å². The molecule has 0 aliphatic rings. The van der Waals surface area contributed by atoms with Crippen molar-refractivity contribution in [1.82, 2.24) is 29.7 Å². The van der Waals surface area contributed by atoms with Crippen LogP contribution in [0, 0.1) is 11.6 Å². The first kappa shape index (κ1) is 26.0. The summed E-state index contributed by atoms with van der Waals surface area (Å²) < 4.78 is 29.6. The predicted octanol–water partition coefficient (Wildman–Crippen LogP) is 4.63. The molecule has 39 heavy (non-hydrogen) atoms. The maximum Gasteiger partial charge on any atom is 0.412 e. The Morgan fingerprint density at radius 1 is 1.03 bits per heavy atom. The van der Waals surface area contributed by atoms with Gasteiger partial charge in [-0.3, -0.25) is 4.90 Å². The second kappa shape index (κ2) is 10.3. The van der Waals surface area contributed by atoms with Crippen molar-refractivity contribution < 1.29 is 18.7 Å². The van der Waals surface area contributed by atoms with Crippen LogP contribution in [0.2, 0.25) is 10.3 Å². The number of hydrogen-bond acceptors (Lipinski definition) is 8. The van der Waals surface area contributed by atoms with Gasteiger partial charge in [0.05, 0.1) is 24.0 Å². The van der Waals surface area contributed by atoms with Crippen LogP contribution in [0.3, 0.4) is 0 Å². The van der Waals surface area contributed by atoms with Crippen LogP contribution in [-0.4, -0.2) is 40.9 Å². The minimum absolute atomic E-state index is 0.0108. The van der Waals surface area contributed by atoms with E-state index in [1.54, 1.807) is 18.2 Å². The van der Waals surface area contributed by atoms with E-state index < -0.39 is 17.7 Å². The molecule has 5 N–H and O–H groups in total. The van der Waals surface area contributed by atoms with E-state index in [1.165, 1.54) is 18.2 Å². The molecule has 15 heteroatoms. The summed E-state index contributed by atoms with van der Waals surface area (Å²) in [5.74, 6) is -1.89. The SMILES string of the molecule is Nc1nc(-n2nc(Cc3ccccc3F)c3ncc(F)cc32)nc(N)c1N(Cc1ccc(Cl)nc1Cl)C(=O)O. The third kappa shape index (κ3) is 5.09. The lowest BCUT2D eigenvalue weighted by Crippen LogP contribution is -2.31. The number of benzene rings is 1. The van der Waals surface area contributed by atoms with Crippen molar-refractivity contribution in [3.8, 4) is 5.95 Å². The van der Waals surface area contributed by atoms with Crippen molar-refractivity contribution in [3.05, 3.63) is 87.4 Å². The van der Waals surface area contributed by atoms with E-state index in [4.69, 9.17) is 34.7 Å². The van der Waals surface area contributed by atoms with E-state index in [0.717, 1.165) is 21.8 Å². The molecule has 0 aliphatic heterocycles. The number of halogens is 4. The predicted molar refractivity (Wildman–Crippen MR) is 141 cm³/mol. The number of nitrogen functional groups attached to an aromatic ring is 2. The molecule has 0 saturated carbocycles. The number of fused-ring (bicyclic) bond motifs is 1. The molecular weight excluding hydrogens is 555 g/mol. The lowest BCUT2D eigenvalue weighted by atomic mass is 10.1. The summed E-state index contributed by atoms with van der Waals surface area (Å²) in [5, 5.41) is 14.4. The molecule has 0 aliphatic carbocycles. The monoisotopic (exact) mass is 571 g/mol. The highest BCUT2D eigenvalue weighted by molar-refractivity contribution is 6.32. The molecule has 0 radical (unpaired) electrons. The first-order chi connectivity index (χ1) is 18.6. The maximum absolute atomic E-state index is 14.3. The summed E-state index contributed by atoms with van der Waals surface area (Å²) >= 11 is 11.9. The topological polar surface area (TPSA) is 162 Å². The van der Waals surface area contributed by atoms with Gasteiger partial charge in [0, 0.05) is 18.1 Å². The van der Waals surface area contributed by atoms with Crippen molar-refractivity contribution in [2.45, 2.75) is 13.0 Å². The number of aromatic nitrogens is 6. The summed E-state index contributed by atoms with van der Waals surface area (Å²) in [4.78, 5) is 29.3. The summed E-state index contributed by atoms with van der Waals surface area (Å²) in [7, 11) is 0. The van der Waals surface area contributed by atoms with Gasteiger partial charge in [-0.1, -0.05) is 47.5 Å². The minimum Gasteiger partial charge on any atom is -0.465 e. The standard InChI is InChI=1S/C24H17Cl2F2N9O2/c25-17-6-5-12(20(26)32-17)10-36(24(38)39)19-21(29)33-23(34-22(19)30)37-16-8-13(27)9-31-18(16)15(35-37)7-11-3-1-2-4-14(11)28/h1-6,8-9H,7,10H2,(H,38,39)(H4,29,30,33,34). The number of nitrogens with two attached hydrogens (primary N) is 2. The molecular formula is C24H17Cl2F2N9O2. The number of carbonyl (C=O) groups is 1. The zero-order chi connectivity index (χ0) is 27.8.